The van der Waals surface area contributed by atoms with Crippen LogP contribution in [-0.2, 0) is 17.8 Å². The van der Waals surface area contributed by atoms with Crippen molar-refractivity contribution in [2.45, 2.75) is 64.5 Å². The van der Waals surface area contributed by atoms with Crippen LogP contribution in [0.4, 0.5) is 0 Å². The normalized spacial score (nSPS) is 19.1. The number of rotatable bonds is 6. The lowest BCUT2D eigenvalue weighted by Crippen LogP contribution is -2.43. The summed E-state index contributed by atoms with van der Waals surface area (Å²) in [5.74, 6) is 3.24. The van der Waals surface area contributed by atoms with Crippen LogP contribution in [0.3, 0.4) is 0 Å². The number of aromatic amines is 1. The Bertz CT molecular complexity index is 1030. The first-order valence-corrected chi connectivity index (χ1v) is 10.9. The van der Waals surface area contributed by atoms with Gasteiger partial charge >= 0.3 is 0 Å². The Kier molecular flexibility index (Phi) is 4.64. The molecule has 3 aromatic rings. The Morgan fingerprint density at radius 2 is 2.07 bits per heavy atom. The van der Waals surface area contributed by atoms with Crippen LogP contribution in [0.15, 0.2) is 30.5 Å². The summed E-state index contributed by atoms with van der Waals surface area (Å²) in [5.41, 5.74) is 2.34. The summed E-state index contributed by atoms with van der Waals surface area (Å²) < 4.78 is 2.06. The number of amides is 1. The van der Waals surface area contributed by atoms with Crippen molar-refractivity contribution in [3.05, 3.63) is 47.7 Å². The highest BCUT2D eigenvalue weighted by molar-refractivity contribution is 5.84. The lowest BCUT2D eigenvalue weighted by Gasteiger charge is -2.36. The highest BCUT2D eigenvalue weighted by Gasteiger charge is 2.36. The maximum absolute atomic E-state index is 13.2. The first kappa shape index (κ1) is 18.4. The fourth-order valence-electron chi connectivity index (χ4n) is 4.50. The van der Waals surface area contributed by atoms with Crippen LogP contribution in [-0.4, -0.2) is 37.1 Å². The quantitative estimate of drug-likeness (QED) is 0.685. The highest BCUT2D eigenvalue weighted by atomic mass is 16.2. The van der Waals surface area contributed by atoms with Crippen molar-refractivity contribution in [1.29, 1.82) is 0 Å². The van der Waals surface area contributed by atoms with Crippen LogP contribution < -0.4 is 0 Å². The molecule has 6 nitrogen and oxygen atoms in total. The zero-order chi connectivity index (χ0) is 20.0. The monoisotopic (exact) mass is 391 g/mol. The highest BCUT2D eigenvalue weighted by Crippen LogP contribution is 2.40. The lowest BCUT2D eigenvalue weighted by atomic mass is 9.99. The number of nitrogens with zero attached hydrogens (tertiary/aromatic N) is 4. The zero-order valence-electron chi connectivity index (χ0n) is 17.3. The smallest absolute Gasteiger partial charge is 0.223 e. The van der Waals surface area contributed by atoms with Gasteiger partial charge in [-0.3, -0.25) is 4.79 Å². The lowest BCUT2D eigenvalue weighted by molar-refractivity contribution is -0.135. The number of hydrogen-bond donors (Lipinski definition) is 1. The number of fused-ring (bicyclic) bond motifs is 2. The molecule has 0 unspecified atom stereocenters. The van der Waals surface area contributed by atoms with E-state index in [9.17, 15) is 4.79 Å². The van der Waals surface area contributed by atoms with Gasteiger partial charge in [-0.25, -0.2) is 9.67 Å². The molecule has 2 aromatic heterocycles. The minimum Gasteiger partial charge on any atom is -0.361 e. The van der Waals surface area contributed by atoms with Gasteiger partial charge in [-0.1, -0.05) is 32.0 Å². The molecule has 1 fully saturated rings. The van der Waals surface area contributed by atoms with Crippen molar-refractivity contribution in [2.24, 2.45) is 5.92 Å². The van der Waals surface area contributed by atoms with Gasteiger partial charge in [0.2, 0.25) is 5.91 Å². The fraction of sp³-hybridized carbons (Fsp3) is 0.522. The average Bonchev–Trinajstić information content (AvgIpc) is 3.33. The van der Waals surface area contributed by atoms with E-state index < -0.39 is 0 Å². The van der Waals surface area contributed by atoms with Gasteiger partial charge in [-0.05, 0) is 43.2 Å². The van der Waals surface area contributed by atoms with Crippen LogP contribution >= 0.6 is 0 Å². The molecule has 0 bridgehead atoms. The number of aromatic nitrogens is 4. The van der Waals surface area contributed by atoms with Crippen LogP contribution in [0.2, 0.25) is 0 Å². The van der Waals surface area contributed by atoms with Gasteiger partial charge in [-0.15, -0.1) is 0 Å². The Balaban J connectivity index is 1.34. The molecule has 6 heteroatoms. The molecule has 1 amide bonds. The maximum atomic E-state index is 13.2. The predicted octanol–water partition coefficient (Wildman–Crippen LogP) is 4.20. The van der Waals surface area contributed by atoms with Gasteiger partial charge in [-0.2, -0.15) is 5.10 Å². The zero-order valence-corrected chi connectivity index (χ0v) is 17.3. The largest absolute Gasteiger partial charge is 0.361 e. The molecule has 2 aliphatic rings. The summed E-state index contributed by atoms with van der Waals surface area (Å²) in [6, 6.07) is 8.32. The second-order valence-electron chi connectivity index (χ2n) is 8.92. The summed E-state index contributed by atoms with van der Waals surface area (Å²) in [6.07, 6.45) is 6.66. The van der Waals surface area contributed by atoms with Crippen molar-refractivity contribution >= 4 is 16.8 Å². The molecule has 3 heterocycles. The van der Waals surface area contributed by atoms with E-state index in [4.69, 9.17) is 10.1 Å². The number of benzene rings is 1. The van der Waals surface area contributed by atoms with E-state index in [0.717, 1.165) is 43.1 Å². The van der Waals surface area contributed by atoms with Gasteiger partial charge < -0.3 is 9.88 Å². The third-order valence-corrected chi connectivity index (χ3v) is 6.18. The number of carbonyl (C=O) groups is 1. The van der Waals surface area contributed by atoms with E-state index in [1.165, 1.54) is 23.8 Å². The molecule has 1 atom stereocenters. The minimum absolute atomic E-state index is 0.0409. The number of carbonyl (C=O) groups excluding carboxylic acids is 1. The summed E-state index contributed by atoms with van der Waals surface area (Å²) in [7, 11) is 0. The van der Waals surface area contributed by atoms with Crippen molar-refractivity contribution < 1.29 is 4.79 Å². The summed E-state index contributed by atoms with van der Waals surface area (Å²) in [5, 5.41) is 5.96. The van der Waals surface area contributed by atoms with Gasteiger partial charge in [0.15, 0.2) is 5.82 Å². The Hall–Kier alpha value is -2.63. The SMILES string of the molecule is CC(C)C[C@H]1c2nc(C3CC3)nn2CCN1C(=O)CCc1c[nH]c2ccccc12. The molecule has 0 saturated heterocycles. The third-order valence-electron chi connectivity index (χ3n) is 6.18. The molecule has 29 heavy (non-hydrogen) atoms. The molecule has 0 spiro atoms. The molecule has 5 rings (SSSR count). The van der Waals surface area contributed by atoms with E-state index in [-0.39, 0.29) is 11.9 Å². The van der Waals surface area contributed by atoms with Crippen molar-refractivity contribution in [2.75, 3.05) is 6.54 Å². The molecule has 152 valence electrons. The first-order valence-electron chi connectivity index (χ1n) is 10.9. The predicted molar refractivity (Wildman–Crippen MR) is 113 cm³/mol. The van der Waals surface area contributed by atoms with Crippen LogP contribution in [0, 0.1) is 5.92 Å². The average molecular weight is 392 g/mol. The van der Waals surface area contributed by atoms with Crippen LogP contribution in [0.25, 0.3) is 10.9 Å². The molecular weight excluding hydrogens is 362 g/mol. The molecule has 1 aliphatic heterocycles. The molecule has 1 N–H and O–H groups in total. The second kappa shape index (κ2) is 7.32. The standard InChI is InChI=1S/C23H29N5O/c1-15(2)13-20-23-25-22(16-7-8-16)26-28(23)12-11-27(20)21(29)10-9-17-14-24-19-6-4-3-5-18(17)19/h3-6,14-16,20,24H,7-13H2,1-2H3/t20-/m0/s1. The van der Waals surface area contributed by atoms with Gasteiger partial charge in [0.25, 0.3) is 0 Å². The van der Waals surface area contributed by atoms with Gasteiger partial charge in [0.05, 0.1) is 12.6 Å². The Morgan fingerprint density at radius 3 is 2.86 bits per heavy atom. The van der Waals surface area contributed by atoms with Crippen molar-refractivity contribution in [1.82, 2.24) is 24.6 Å². The van der Waals surface area contributed by atoms with E-state index in [2.05, 4.69) is 46.6 Å². The van der Waals surface area contributed by atoms with E-state index >= 15 is 0 Å². The van der Waals surface area contributed by atoms with Gasteiger partial charge in [0.1, 0.15) is 5.82 Å². The van der Waals surface area contributed by atoms with Crippen molar-refractivity contribution in [3.63, 3.8) is 0 Å². The second-order valence-corrected chi connectivity index (χ2v) is 8.92. The summed E-state index contributed by atoms with van der Waals surface area (Å²) in [4.78, 5) is 23.5. The number of para-hydroxylation sites is 1. The van der Waals surface area contributed by atoms with E-state index in [0.29, 0.717) is 18.3 Å². The number of hydrogen-bond acceptors (Lipinski definition) is 3. The number of nitrogens with one attached hydrogen (secondary N) is 1. The Labute approximate surface area is 171 Å². The van der Waals surface area contributed by atoms with E-state index in [1.807, 2.05) is 12.3 Å². The molecule has 1 saturated carbocycles. The fourth-order valence-corrected chi connectivity index (χ4v) is 4.50. The Morgan fingerprint density at radius 1 is 1.24 bits per heavy atom. The summed E-state index contributed by atoms with van der Waals surface area (Å²) in [6.45, 7) is 5.91. The molecular formula is C23H29N5O. The maximum Gasteiger partial charge on any atom is 0.223 e. The van der Waals surface area contributed by atoms with Crippen LogP contribution in [0.5, 0.6) is 0 Å². The topological polar surface area (TPSA) is 66.8 Å². The molecule has 0 radical (unpaired) electrons. The first-order chi connectivity index (χ1) is 14.1. The van der Waals surface area contributed by atoms with E-state index in [1.54, 1.807) is 0 Å². The third kappa shape index (κ3) is 3.56. The molecule has 1 aliphatic carbocycles. The summed E-state index contributed by atoms with van der Waals surface area (Å²) >= 11 is 0. The molecule has 1 aromatic carbocycles. The number of H-pyrrole nitrogens is 1. The number of aryl methyl sites for hydroxylation is 1. The van der Waals surface area contributed by atoms with Crippen LogP contribution in [0.1, 0.15) is 68.7 Å². The van der Waals surface area contributed by atoms with Gasteiger partial charge in [0, 0.05) is 36.0 Å². The van der Waals surface area contributed by atoms with Crippen molar-refractivity contribution in [3.8, 4) is 0 Å². The minimum atomic E-state index is 0.0409.